The van der Waals surface area contributed by atoms with Crippen molar-refractivity contribution in [3.05, 3.63) is 66.0 Å². The predicted molar refractivity (Wildman–Crippen MR) is 103 cm³/mol. The van der Waals surface area contributed by atoms with Crippen molar-refractivity contribution in [2.75, 3.05) is 12.4 Å². The molecule has 1 N–H and O–H groups in total. The zero-order valence-electron chi connectivity index (χ0n) is 14.8. The van der Waals surface area contributed by atoms with E-state index in [0.717, 1.165) is 11.1 Å². The lowest BCUT2D eigenvalue weighted by molar-refractivity contribution is -0.115. The van der Waals surface area contributed by atoms with E-state index in [1.807, 2.05) is 6.92 Å². The van der Waals surface area contributed by atoms with Crippen LogP contribution in [0.4, 0.5) is 10.2 Å². The van der Waals surface area contributed by atoms with E-state index in [1.165, 1.54) is 31.6 Å². The van der Waals surface area contributed by atoms with Crippen LogP contribution in [-0.4, -0.2) is 28.0 Å². The molecule has 27 heavy (non-hydrogen) atoms. The highest BCUT2D eigenvalue weighted by Gasteiger charge is 2.12. The third-order valence-electron chi connectivity index (χ3n) is 3.86. The third kappa shape index (κ3) is 4.98. The van der Waals surface area contributed by atoms with Crippen LogP contribution in [0.25, 0.3) is 11.3 Å². The Bertz CT molecular complexity index is 952. The van der Waals surface area contributed by atoms with Crippen molar-refractivity contribution in [2.45, 2.75) is 13.3 Å². The van der Waals surface area contributed by atoms with Crippen molar-refractivity contribution in [1.29, 1.82) is 0 Å². The second kappa shape index (κ2) is 9.05. The molecule has 0 spiro atoms. The molecular weight excluding hydrogens is 371 g/mol. The van der Waals surface area contributed by atoms with Gasteiger partial charge in [0.25, 0.3) is 0 Å². The van der Waals surface area contributed by atoms with Gasteiger partial charge in [-0.3, -0.25) is 9.78 Å². The number of nitrogens with one attached hydrogen (secondary N) is 1. The third-order valence-corrected chi connectivity index (χ3v) is 3.86. The van der Waals surface area contributed by atoms with Crippen molar-refractivity contribution in [1.82, 2.24) is 15.0 Å². The van der Waals surface area contributed by atoms with Gasteiger partial charge in [0.15, 0.2) is 0 Å². The van der Waals surface area contributed by atoms with Gasteiger partial charge < -0.3 is 10.1 Å². The van der Waals surface area contributed by atoms with E-state index in [9.17, 15) is 9.18 Å². The van der Waals surface area contributed by atoms with Crippen molar-refractivity contribution in [2.24, 2.45) is 0 Å². The predicted octanol–water partition coefficient (Wildman–Crippen LogP) is 3.60. The molecule has 0 unspecified atom stereocenters. The van der Waals surface area contributed by atoms with Crippen LogP contribution in [0.1, 0.15) is 11.1 Å². The van der Waals surface area contributed by atoms with E-state index >= 15 is 0 Å². The fourth-order valence-corrected chi connectivity index (χ4v) is 2.51. The Kier molecular flexibility index (Phi) is 6.79. The second-order valence-corrected chi connectivity index (χ2v) is 5.66. The molecule has 0 bridgehead atoms. The molecule has 1 amide bonds. The van der Waals surface area contributed by atoms with Gasteiger partial charge in [-0.05, 0) is 42.3 Å². The van der Waals surface area contributed by atoms with Gasteiger partial charge in [-0.1, -0.05) is 0 Å². The van der Waals surface area contributed by atoms with Crippen molar-refractivity contribution in [3.63, 3.8) is 0 Å². The first-order valence-corrected chi connectivity index (χ1v) is 7.92. The van der Waals surface area contributed by atoms with Gasteiger partial charge in [-0.2, -0.15) is 0 Å². The van der Waals surface area contributed by atoms with Gasteiger partial charge in [0.05, 0.1) is 19.2 Å². The van der Waals surface area contributed by atoms with Crippen LogP contribution in [0.15, 0.2) is 49.1 Å². The number of hydrogen-bond acceptors (Lipinski definition) is 5. The van der Waals surface area contributed by atoms with E-state index in [4.69, 9.17) is 4.74 Å². The molecule has 3 rings (SSSR count). The monoisotopic (exact) mass is 388 g/mol. The number of methoxy groups -OCH3 is 1. The van der Waals surface area contributed by atoms with Gasteiger partial charge in [0, 0.05) is 24.0 Å². The summed E-state index contributed by atoms with van der Waals surface area (Å²) in [6.45, 7) is 1.90. The van der Waals surface area contributed by atoms with Crippen LogP contribution >= 0.6 is 12.4 Å². The summed E-state index contributed by atoms with van der Waals surface area (Å²) in [5.41, 5.74) is 2.76. The smallest absolute Gasteiger partial charge is 0.229 e. The molecular formula is C19H18ClFN4O2. The molecule has 0 radical (unpaired) electrons. The van der Waals surface area contributed by atoms with Gasteiger partial charge in [0.2, 0.25) is 5.91 Å². The Balaban J connectivity index is 0.00000261. The summed E-state index contributed by atoms with van der Waals surface area (Å²) in [5, 5.41) is 2.73. The van der Waals surface area contributed by atoms with Crippen molar-refractivity contribution in [3.8, 4) is 17.0 Å². The van der Waals surface area contributed by atoms with Crippen LogP contribution in [0.3, 0.4) is 0 Å². The Morgan fingerprint density at radius 2 is 2.04 bits per heavy atom. The largest absolute Gasteiger partial charge is 0.496 e. The molecule has 2 heterocycles. The molecule has 8 heteroatoms. The molecule has 1 aromatic carbocycles. The lowest BCUT2D eigenvalue weighted by atomic mass is 10.1. The normalized spacial score (nSPS) is 10.0. The van der Waals surface area contributed by atoms with E-state index in [-0.39, 0.29) is 24.7 Å². The summed E-state index contributed by atoms with van der Waals surface area (Å²) in [6.07, 6.45) is 4.88. The first-order chi connectivity index (χ1) is 12.6. The average Bonchev–Trinajstić information content (AvgIpc) is 2.64. The van der Waals surface area contributed by atoms with Crippen LogP contribution in [0, 0.1) is 12.7 Å². The van der Waals surface area contributed by atoms with Crippen LogP contribution in [0.5, 0.6) is 5.75 Å². The maximum Gasteiger partial charge on any atom is 0.229 e. The van der Waals surface area contributed by atoms with Gasteiger partial charge in [0.1, 0.15) is 23.7 Å². The molecule has 140 valence electrons. The molecule has 0 saturated carbocycles. The quantitative estimate of drug-likeness (QED) is 0.722. The van der Waals surface area contributed by atoms with E-state index < -0.39 is 5.82 Å². The zero-order chi connectivity index (χ0) is 18.5. The minimum absolute atomic E-state index is 0. The van der Waals surface area contributed by atoms with E-state index in [2.05, 4.69) is 20.3 Å². The van der Waals surface area contributed by atoms with Gasteiger partial charge in [-0.25, -0.2) is 14.4 Å². The Morgan fingerprint density at radius 3 is 2.78 bits per heavy atom. The highest BCUT2D eigenvalue weighted by atomic mass is 35.5. The van der Waals surface area contributed by atoms with Gasteiger partial charge >= 0.3 is 0 Å². The van der Waals surface area contributed by atoms with Gasteiger partial charge in [-0.15, -0.1) is 12.4 Å². The SMILES string of the molecule is COc1ccc(F)cc1-c1cc(NC(=O)Cc2ccncc2C)ncn1.Cl. The molecule has 0 fully saturated rings. The molecule has 0 aliphatic rings. The molecule has 0 saturated heterocycles. The summed E-state index contributed by atoms with van der Waals surface area (Å²) in [7, 11) is 1.50. The topological polar surface area (TPSA) is 77.0 Å². The van der Waals surface area contributed by atoms with Crippen molar-refractivity contribution >= 4 is 24.1 Å². The Labute approximate surface area is 162 Å². The summed E-state index contributed by atoms with van der Waals surface area (Å²) >= 11 is 0. The minimum atomic E-state index is -0.404. The highest BCUT2D eigenvalue weighted by molar-refractivity contribution is 5.92. The molecule has 2 aromatic heterocycles. The van der Waals surface area contributed by atoms with E-state index in [1.54, 1.807) is 24.5 Å². The number of carbonyl (C=O) groups excluding carboxylic acids is 1. The minimum Gasteiger partial charge on any atom is -0.496 e. The molecule has 3 aromatic rings. The number of aryl methyl sites for hydroxylation is 1. The average molecular weight is 389 g/mol. The van der Waals surface area contributed by atoms with Crippen LogP contribution in [-0.2, 0) is 11.2 Å². The first-order valence-electron chi connectivity index (χ1n) is 7.92. The number of benzene rings is 1. The fraction of sp³-hybridized carbons (Fsp3) is 0.158. The number of hydrogen-bond donors (Lipinski definition) is 1. The number of pyridine rings is 1. The lowest BCUT2D eigenvalue weighted by Gasteiger charge is -2.10. The summed E-state index contributed by atoms with van der Waals surface area (Å²) in [5.74, 6) is 0.195. The molecule has 0 aliphatic carbocycles. The van der Waals surface area contributed by atoms with Crippen molar-refractivity contribution < 1.29 is 13.9 Å². The summed E-state index contributed by atoms with van der Waals surface area (Å²) < 4.78 is 18.8. The summed E-state index contributed by atoms with van der Waals surface area (Å²) in [4.78, 5) is 24.5. The number of carbonyl (C=O) groups is 1. The number of nitrogens with zero attached hydrogens (tertiary/aromatic N) is 3. The van der Waals surface area contributed by atoms with Crippen LogP contribution in [0.2, 0.25) is 0 Å². The summed E-state index contributed by atoms with van der Waals surface area (Å²) in [6, 6.07) is 7.54. The number of ether oxygens (including phenoxy) is 1. The zero-order valence-corrected chi connectivity index (χ0v) is 15.6. The number of anilines is 1. The second-order valence-electron chi connectivity index (χ2n) is 5.66. The fourth-order valence-electron chi connectivity index (χ4n) is 2.51. The number of halogens is 2. The molecule has 6 nitrogen and oxygen atoms in total. The number of amides is 1. The highest BCUT2D eigenvalue weighted by Crippen LogP contribution is 2.29. The Morgan fingerprint density at radius 1 is 1.22 bits per heavy atom. The number of aromatic nitrogens is 3. The first kappa shape index (κ1) is 20.3. The number of rotatable bonds is 5. The standard InChI is InChI=1S/C19H17FN4O2.ClH/c1-12-10-21-6-5-13(12)7-19(25)24-18-9-16(22-11-23-18)15-8-14(20)3-4-17(15)26-2;/h3-6,8-11H,7H2,1-2H3,(H,22,23,24,25);1H. The lowest BCUT2D eigenvalue weighted by Crippen LogP contribution is -2.16. The molecule has 0 atom stereocenters. The van der Waals surface area contributed by atoms with E-state index in [0.29, 0.717) is 22.8 Å². The molecule has 0 aliphatic heterocycles. The Hall–Kier alpha value is -3.06. The maximum absolute atomic E-state index is 13.6. The maximum atomic E-state index is 13.6. The van der Waals surface area contributed by atoms with Crippen LogP contribution < -0.4 is 10.1 Å².